The quantitative estimate of drug-likeness (QED) is 0.135. The number of ether oxygens (including phenoxy) is 2. The Morgan fingerprint density at radius 2 is 1.96 bits per heavy atom. The van der Waals surface area contributed by atoms with Crippen molar-refractivity contribution in [2.24, 2.45) is 5.73 Å². The Hall–Kier alpha value is -4.90. The summed E-state index contributed by atoms with van der Waals surface area (Å²) in [5.41, 5.74) is 0.173. The second kappa shape index (κ2) is 12.9. The number of thiophene rings is 1. The number of pyridine rings is 1. The highest BCUT2D eigenvalue weighted by molar-refractivity contribution is 7.17. The minimum absolute atomic E-state index is 0.00280. The van der Waals surface area contributed by atoms with Crippen LogP contribution in [0.15, 0.2) is 48.0 Å². The maximum Gasteiger partial charge on any atom is 0.424 e. The number of aliphatic hydroxyl groups is 1. The van der Waals surface area contributed by atoms with Gasteiger partial charge < -0.3 is 25.6 Å². The van der Waals surface area contributed by atoms with Crippen LogP contribution < -0.4 is 20.5 Å². The SMILES string of the molecule is CCOc1c(CC(N)=O)cc([C@@](O)(CNC(=O)c2cc(OC3CC3)c3nn(C(F)F)cc3c2)C(F)(F)F)nc1-c1csc2c(F)cccc12. The van der Waals surface area contributed by atoms with E-state index in [1.165, 1.54) is 29.6 Å². The molecule has 0 saturated heterocycles. The lowest BCUT2D eigenvalue weighted by molar-refractivity contribution is -0.265. The summed E-state index contributed by atoms with van der Waals surface area (Å²) in [5.74, 6) is -2.71. The van der Waals surface area contributed by atoms with Crippen LogP contribution in [0.2, 0.25) is 0 Å². The third-order valence-corrected chi connectivity index (χ3v) is 8.78. The lowest BCUT2D eigenvalue weighted by Crippen LogP contribution is -2.51. The van der Waals surface area contributed by atoms with Crippen molar-refractivity contribution in [3.8, 4) is 22.8 Å². The topological polar surface area (TPSA) is 142 Å². The number of primary amides is 1. The molecule has 2 amide bonds. The zero-order valence-corrected chi connectivity index (χ0v) is 26.3. The van der Waals surface area contributed by atoms with Gasteiger partial charge in [-0.3, -0.25) is 9.59 Å². The van der Waals surface area contributed by atoms with E-state index in [0.29, 0.717) is 22.9 Å². The number of hydrogen-bond acceptors (Lipinski definition) is 8. The van der Waals surface area contributed by atoms with Gasteiger partial charge in [-0.1, -0.05) is 12.1 Å². The van der Waals surface area contributed by atoms with Crippen molar-refractivity contribution in [1.82, 2.24) is 20.1 Å². The summed E-state index contributed by atoms with van der Waals surface area (Å²) in [6, 6.07) is 7.29. The molecule has 258 valence electrons. The fourth-order valence-electron chi connectivity index (χ4n) is 5.26. The van der Waals surface area contributed by atoms with Gasteiger partial charge in [0.1, 0.15) is 28.5 Å². The van der Waals surface area contributed by atoms with Gasteiger partial charge in [0, 0.05) is 39.0 Å². The Labute approximate surface area is 277 Å². The van der Waals surface area contributed by atoms with Crippen LogP contribution in [-0.2, 0) is 16.8 Å². The maximum absolute atomic E-state index is 14.9. The van der Waals surface area contributed by atoms with Gasteiger partial charge in [0.15, 0.2) is 0 Å². The van der Waals surface area contributed by atoms with Crippen molar-refractivity contribution in [3.63, 3.8) is 0 Å². The summed E-state index contributed by atoms with van der Waals surface area (Å²) in [7, 11) is 0. The number of nitrogens with one attached hydrogen (secondary N) is 1. The van der Waals surface area contributed by atoms with Crippen molar-refractivity contribution >= 4 is 44.1 Å². The molecule has 0 aliphatic heterocycles. The molecule has 0 bridgehead atoms. The molecule has 1 atom stereocenters. The average Bonchev–Trinajstić information content (AvgIpc) is 3.56. The number of amides is 2. The van der Waals surface area contributed by atoms with Gasteiger partial charge in [-0.25, -0.2) is 14.1 Å². The monoisotopic (exact) mass is 707 g/mol. The molecule has 2 aromatic carbocycles. The molecule has 6 rings (SSSR count). The minimum Gasteiger partial charge on any atom is -0.491 e. The summed E-state index contributed by atoms with van der Waals surface area (Å²) in [6.45, 7) is -2.87. The van der Waals surface area contributed by atoms with E-state index in [-0.39, 0.29) is 62.2 Å². The Morgan fingerprint density at radius 1 is 1.20 bits per heavy atom. The van der Waals surface area contributed by atoms with Gasteiger partial charge in [-0.05, 0) is 44.0 Å². The van der Waals surface area contributed by atoms with E-state index in [1.54, 1.807) is 6.92 Å². The number of nitrogens with zero attached hydrogens (tertiary/aromatic N) is 3. The van der Waals surface area contributed by atoms with E-state index in [4.69, 9.17) is 15.2 Å². The summed E-state index contributed by atoms with van der Waals surface area (Å²) < 4.78 is 97.9. The normalized spacial score (nSPS) is 14.7. The maximum atomic E-state index is 14.9. The van der Waals surface area contributed by atoms with E-state index in [9.17, 15) is 41.0 Å². The lowest BCUT2D eigenvalue weighted by Gasteiger charge is -2.31. The van der Waals surface area contributed by atoms with Gasteiger partial charge in [0.05, 0.1) is 36.1 Å². The molecule has 1 fully saturated rings. The third kappa shape index (κ3) is 6.59. The third-order valence-electron chi connectivity index (χ3n) is 7.78. The molecule has 10 nitrogen and oxygen atoms in total. The van der Waals surface area contributed by atoms with Gasteiger partial charge in [-0.15, -0.1) is 11.3 Å². The van der Waals surface area contributed by atoms with E-state index in [2.05, 4.69) is 15.4 Å². The highest BCUT2D eigenvalue weighted by Crippen LogP contribution is 2.45. The molecule has 5 aromatic rings. The molecule has 17 heteroatoms. The molecule has 3 aromatic heterocycles. The summed E-state index contributed by atoms with van der Waals surface area (Å²) in [6.07, 6.45) is -3.97. The fourth-order valence-corrected chi connectivity index (χ4v) is 6.22. The average molecular weight is 708 g/mol. The Balaban J connectivity index is 1.42. The molecular formula is C32H27F6N5O5S. The molecular weight excluding hydrogens is 680 g/mol. The predicted octanol–water partition coefficient (Wildman–Crippen LogP) is 5.99. The zero-order chi connectivity index (χ0) is 35.2. The van der Waals surface area contributed by atoms with E-state index in [0.717, 1.165) is 29.7 Å². The molecule has 0 spiro atoms. The standard InChI is InChI=1S/C32H27F6N5O5S/c1-2-47-27-15(11-24(39)44)10-23(41-26(27)20-13-49-28-19(20)4-3-5-21(28)33)31(46,32(36,37)38)14-40-29(45)16-8-17-12-43(30(34)35)42-25(17)22(9-16)48-18-6-7-18/h3-5,8-10,12-13,18,30,46H,2,6-7,11,14H2,1H3,(H2,39,44)(H,40,45)/t31-/m0/s1. The summed E-state index contributed by atoms with van der Waals surface area (Å²) in [5, 5.41) is 19.1. The van der Waals surface area contributed by atoms with Crippen LogP contribution in [0.1, 0.15) is 47.9 Å². The smallest absolute Gasteiger partial charge is 0.424 e. The molecule has 4 N–H and O–H groups in total. The van der Waals surface area contributed by atoms with Crippen LogP contribution >= 0.6 is 11.3 Å². The molecule has 3 heterocycles. The second-order valence-electron chi connectivity index (χ2n) is 11.3. The van der Waals surface area contributed by atoms with Crippen LogP contribution in [0, 0.1) is 5.82 Å². The number of nitrogens with two attached hydrogens (primary N) is 1. The highest BCUT2D eigenvalue weighted by Gasteiger charge is 2.57. The number of fused-ring (bicyclic) bond motifs is 2. The molecule has 0 unspecified atom stereocenters. The first-order valence-electron chi connectivity index (χ1n) is 14.9. The first-order chi connectivity index (χ1) is 23.2. The molecule has 1 saturated carbocycles. The van der Waals surface area contributed by atoms with Crippen molar-refractivity contribution in [2.75, 3.05) is 13.2 Å². The number of halogens is 6. The van der Waals surface area contributed by atoms with Crippen molar-refractivity contribution in [3.05, 3.63) is 70.6 Å². The van der Waals surface area contributed by atoms with Gasteiger partial charge in [0.25, 0.3) is 5.91 Å². The Morgan fingerprint density at radius 3 is 2.61 bits per heavy atom. The second-order valence-corrected chi connectivity index (χ2v) is 12.2. The van der Waals surface area contributed by atoms with Crippen LogP contribution in [0.5, 0.6) is 11.5 Å². The highest BCUT2D eigenvalue weighted by atomic mass is 32.1. The van der Waals surface area contributed by atoms with Crippen LogP contribution in [-0.4, -0.2) is 57.1 Å². The first kappa shape index (κ1) is 34.0. The molecule has 0 radical (unpaired) electrons. The van der Waals surface area contributed by atoms with Crippen LogP contribution in [0.4, 0.5) is 26.3 Å². The number of benzene rings is 2. The summed E-state index contributed by atoms with van der Waals surface area (Å²) in [4.78, 5) is 29.5. The number of hydrogen-bond donors (Lipinski definition) is 3. The number of carbonyl (C=O) groups excluding carboxylic acids is 2. The minimum atomic E-state index is -5.45. The number of carbonyl (C=O) groups is 2. The lowest BCUT2D eigenvalue weighted by atomic mass is 9.93. The van der Waals surface area contributed by atoms with E-state index >= 15 is 0 Å². The first-order valence-corrected chi connectivity index (χ1v) is 15.7. The van der Waals surface area contributed by atoms with Gasteiger partial charge >= 0.3 is 12.7 Å². The van der Waals surface area contributed by atoms with Gasteiger partial charge in [0.2, 0.25) is 11.5 Å². The summed E-state index contributed by atoms with van der Waals surface area (Å²) >= 11 is 0.963. The fraction of sp³-hybridized carbons (Fsp3) is 0.312. The zero-order valence-electron chi connectivity index (χ0n) is 25.5. The van der Waals surface area contributed by atoms with Crippen molar-refractivity contribution < 1.29 is 50.5 Å². The largest absolute Gasteiger partial charge is 0.491 e. The van der Waals surface area contributed by atoms with Crippen LogP contribution in [0.3, 0.4) is 0 Å². The van der Waals surface area contributed by atoms with E-state index in [1.807, 2.05) is 0 Å². The van der Waals surface area contributed by atoms with Gasteiger partial charge in [-0.2, -0.15) is 27.1 Å². The Bertz CT molecular complexity index is 2080. The van der Waals surface area contributed by atoms with Crippen molar-refractivity contribution in [1.29, 1.82) is 0 Å². The molecule has 1 aliphatic rings. The van der Waals surface area contributed by atoms with E-state index < -0.39 is 54.6 Å². The number of aromatic nitrogens is 3. The molecule has 49 heavy (non-hydrogen) atoms. The predicted molar refractivity (Wildman–Crippen MR) is 166 cm³/mol. The number of alkyl halides is 5. The Kier molecular flexibility index (Phi) is 8.91. The molecule has 1 aliphatic carbocycles. The number of rotatable bonds is 12. The van der Waals surface area contributed by atoms with Crippen molar-refractivity contribution in [2.45, 2.75) is 50.6 Å². The van der Waals surface area contributed by atoms with Crippen LogP contribution in [0.25, 0.3) is 32.2 Å².